The molecule has 1 fully saturated rings. The van der Waals surface area contributed by atoms with Crippen molar-refractivity contribution in [3.8, 4) is 0 Å². The van der Waals surface area contributed by atoms with Crippen LogP contribution in [0, 0.1) is 11.7 Å². The van der Waals surface area contributed by atoms with Gasteiger partial charge in [0.05, 0.1) is 6.04 Å². The van der Waals surface area contributed by atoms with Crippen molar-refractivity contribution in [2.75, 3.05) is 0 Å². The number of halogens is 1. The van der Waals surface area contributed by atoms with E-state index in [0.29, 0.717) is 11.5 Å². The lowest BCUT2D eigenvalue weighted by Crippen LogP contribution is -2.34. The molecule has 0 heterocycles. The minimum Gasteiger partial charge on any atom is -0.378 e. The molecule has 2 aromatic carbocycles. The minimum atomic E-state index is -1.19. The zero-order valence-electron chi connectivity index (χ0n) is 12.1. The van der Waals surface area contributed by atoms with E-state index >= 15 is 0 Å². The lowest BCUT2D eigenvalue weighted by molar-refractivity contribution is -0.130. The van der Waals surface area contributed by atoms with Gasteiger partial charge in [0.15, 0.2) is 6.10 Å². The van der Waals surface area contributed by atoms with Crippen LogP contribution in [0.25, 0.3) is 0 Å². The molecule has 2 unspecified atom stereocenters. The first-order chi connectivity index (χ1) is 10.6. The average Bonchev–Trinajstić information content (AvgIpc) is 3.38. The lowest BCUT2D eigenvalue weighted by atomic mass is 10.0. The third-order valence-electron chi connectivity index (χ3n) is 3.98. The van der Waals surface area contributed by atoms with Crippen LogP contribution in [0.15, 0.2) is 54.6 Å². The lowest BCUT2D eigenvalue weighted by Gasteiger charge is -2.21. The molecule has 22 heavy (non-hydrogen) atoms. The summed E-state index contributed by atoms with van der Waals surface area (Å²) in [5.74, 6) is -0.362. The number of carbonyl (C=O) groups excluding carboxylic acids is 1. The number of rotatable bonds is 5. The fraction of sp³-hybridized carbons (Fsp3) is 0.278. The number of nitrogens with one attached hydrogen (secondary N) is 1. The molecule has 0 aromatic heterocycles. The third-order valence-corrected chi connectivity index (χ3v) is 3.98. The Labute approximate surface area is 128 Å². The van der Waals surface area contributed by atoms with E-state index in [-0.39, 0.29) is 11.9 Å². The highest BCUT2D eigenvalue weighted by molar-refractivity contribution is 5.82. The monoisotopic (exact) mass is 299 g/mol. The van der Waals surface area contributed by atoms with E-state index in [2.05, 4.69) is 5.32 Å². The number of carbonyl (C=O) groups is 1. The molecule has 2 N–H and O–H groups in total. The summed E-state index contributed by atoms with van der Waals surface area (Å²) in [6.07, 6.45) is 0.871. The summed E-state index contributed by atoms with van der Waals surface area (Å²) in [5, 5.41) is 13.1. The zero-order valence-corrected chi connectivity index (χ0v) is 12.1. The van der Waals surface area contributed by atoms with E-state index in [1.807, 2.05) is 6.07 Å². The molecule has 3 rings (SSSR count). The molecule has 0 saturated heterocycles. The van der Waals surface area contributed by atoms with Gasteiger partial charge < -0.3 is 10.4 Å². The Balaban J connectivity index is 1.74. The SMILES string of the molecule is O=C(NC(c1ccc(F)cc1)C1CC1)C(O)c1ccccc1. The van der Waals surface area contributed by atoms with Gasteiger partial charge in [-0.3, -0.25) is 4.79 Å². The van der Waals surface area contributed by atoms with Crippen molar-refractivity contribution in [2.24, 2.45) is 5.92 Å². The molecule has 0 bridgehead atoms. The number of amides is 1. The van der Waals surface area contributed by atoms with E-state index in [4.69, 9.17) is 0 Å². The van der Waals surface area contributed by atoms with E-state index in [1.54, 1.807) is 36.4 Å². The van der Waals surface area contributed by atoms with Crippen LogP contribution in [0.4, 0.5) is 4.39 Å². The van der Waals surface area contributed by atoms with Crippen molar-refractivity contribution in [1.82, 2.24) is 5.32 Å². The normalized spacial score (nSPS) is 16.8. The van der Waals surface area contributed by atoms with Crippen LogP contribution in [0.5, 0.6) is 0 Å². The van der Waals surface area contributed by atoms with Crippen molar-refractivity contribution in [3.05, 3.63) is 71.5 Å². The summed E-state index contributed by atoms with van der Waals surface area (Å²) in [6.45, 7) is 0. The maximum Gasteiger partial charge on any atom is 0.253 e. The minimum absolute atomic E-state index is 0.175. The summed E-state index contributed by atoms with van der Waals surface area (Å²) in [7, 11) is 0. The topological polar surface area (TPSA) is 49.3 Å². The van der Waals surface area contributed by atoms with Gasteiger partial charge in [-0.2, -0.15) is 0 Å². The van der Waals surface area contributed by atoms with Crippen LogP contribution in [-0.2, 0) is 4.79 Å². The van der Waals surface area contributed by atoms with Gasteiger partial charge in [0, 0.05) is 0 Å². The second-order valence-corrected chi connectivity index (χ2v) is 5.69. The summed E-state index contributed by atoms with van der Waals surface area (Å²) in [6, 6.07) is 14.8. The van der Waals surface area contributed by atoms with Crippen LogP contribution in [0.3, 0.4) is 0 Å². The number of aliphatic hydroxyl groups excluding tert-OH is 1. The Bertz CT molecular complexity index is 638. The Hall–Kier alpha value is -2.20. The van der Waals surface area contributed by atoms with Crippen LogP contribution in [0.2, 0.25) is 0 Å². The summed E-state index contributed by atoms with van der Waals surface area (Å²) < 4.78 is 13.1. The fourth-order valence-corrected chi connectivity index (χ4v) is 2.59. The van der Waals surface area contributed by atoms with Crippen molar-refractivity contribution in [1.29, 1.82) is 0 Å². The van der Waals surface area contributed by atoms with E-state index in [9.17, 15) is 14.3 Å². The molecule has 1 aliphatic carbocycles. The van der Waals surface area contributed by atoms with Gasteiger partial charge in [0.25, 0.3) is 5.91 Å². The molecule has 2 atom stereocenters. The molecule has 3 nitrogen and oxygen atoms in total. The predicted octanol–water partition coefficient (Wildman–Crippen LogP) is 3.13. The number of benzene rings is 2. The summed E-state index contributed by atoms with van der Waals surface area (Å²) in [4.78, 5) is 12.3. The number of aliphatic hydroxyl groups is 1. The maximum absolute atomic E-state index is 13.1. The van der Waals surface area contributed by atoms with Gasteiger partial charge in [-0.1, -0.05) is 42.5 Å². The Morgan fingerprint density at radius 2 is 1.68 bits per heavy atom. The Morgan fingerprint density at radius 1 is 1.05 bits per heavy atom. The van der Waals surface area contributed by atoms with Crippen LogP contribution in [-0.4, -0.2) is 11.0 Å². The second-order valence-electron chi connectivity index (χ2n) is 5.69. The Kier molecular flexibility index (Phi) is 4.20. The van der Waals surface area contributed by atoms with Gasteiger partial charge in [0.2, 0.25) is 0 Å². The maximum atomic E-state index is 13.1. The van der Waals surface area contributed by atoms with E-state index < -0.39 is 12.0 Å². The quantitative estimate of drug-likeness (QED) is 0.891. The first-order valence-corrected chi connectivity index (χ1v) is 7.44. The summed E-state index contributed by atoms with van der Waals surface area (Å²) >= 11 is 0. The molecule has 2 aromatic rings. The molecule has 0 spiro atoms. The number of hydrogen-bond acceptors (Lipinski definition) is 2. The van der Waals surface area contributed by atoms with Gasteiger partial charge in [-0.05, 0) is 42.0 Å². The van der Waals surface area contributed by atoms with Crippen LogP contribution < -0.4 is 5.32 Å². The smallest absolute Gasteiger partial charge is 0.253 e. The first kappa shape index (κ1) is 14.7. The van der Waals surface area contributed by atoms with Gasteiger partial charge in [0.1, 0.15) is 5.82 Å². The molecular weight excluding hydrogens is 281 g/mol. The third kappa shape index (κ3) is 3.34. The van der Waals surface area contributed by atoms with Crippen LogP contribution >= 0.6 is 0 Å². The highest BCUT2D eigenvalue weighted by atomic mass is 19.1. The second kappa shape index (κ2) is 6.28. The summed E-state index contributed by atoms with van der Waals surface area (Å²) in [5.41, 5.74) is 1.44. The van der Waals surface area contributed by atoms with E-state index in [0.717, 1.165) is 18.4 Å². The van der Waals surface area contributed by atoms with Gasteiger partial charge in [-0.25, -0.2) is 4.39 Å². The van der Waals surface area contributed by atoms with Crippen molar-refractivity contribution >= 4 is 5.91 Å². The predicted molar refractivity (Wildman–Crippen MR) is 81.4 cm³/mol. The standard InChI is InChI=1S/C18H18FNO2/c19-15-10-8-13(9-11-15)16(12-6-7-12)20-18(22)17(21)14-4-2-1-3-5-14/h1-5,8-12,16-17,21H,6-7H2,(H,20,22). The molecule has 0 radical (unpaired) electrons. The number of hydrogen-bond donors (Lipinski definition) is 2. The first-order valence-electron chi connectivity index (χ1n) is 7.44. The highest BCUT2D eigenvalue weighted by Crippen LogP contribution is 2.41. The van der Waals surface area contributed by atoms with Gasteiger partial charge in [-0.15, -0.1) is 0 Å². The molecule has 1 amide bonds. The van der Waals surface area contributed by atoms with Crippen LogP contribution in [0.1, 0.15) is 36.1 Å². The van der Waals surface area contributed by atoms with Crippen molar-refractivity contribution in [3.63, 3.8) is 0 Å². The fourth-order valence-electron chi connectivity index (χ4n) is 2.59. The van der Waals surface area contributed by atoms with Gasteiger partial charge >= 0.3 is 0 Å². The zero-order chi connectivity index (χ0) is 15.5. The molecular formula is C18H18FNO2. The largest absolute Gasteiger partial charge is 0.378 e. The molecule has 1 aliphatic rings. The molecule has 4 heteroatoms. The highest BCUT2D eigenvalue weighted by Gasteiger charge is 2.34. The van der Waals surface area contributed by atoms with Crippen molar-refractivity contribution in [2.45, 2.75) is 25.0 Å². The average molecular weight is 299 g/mol. The Morgan fingerprint density at radius 3 is 2.27 bits per heavy atom. The molecule has 0 aliphatic heterocycles. The molecule has 1 saturated carbocycles. The van der Waals surface area contributed by atoms with E-state index in [1.165, 1.54) is 12.1 Å². The van der Waals surface area contributed by atoms with Crippen molar-refractivity contribution < 1.29 is 14.3 Å². The molecule has 114 valence electrons.